The summed E-state index contributed by atoms with van der Waals surface area (Å²) in [6.45, 7) is 0. The van der Waals surface area contributed by atoms with Gasteiger partial charge in [-0.1, -0.05) is 17.6 Å². The summed E-state index contributed by atoms with van der Waals surface area (Å²) in [6, 6.07) is 6.52. The highest BCUT2D eigenvalue weighted by Gasteiger charge is 2.01. The Hall–Kier alpha value is -1.32. The normalized spacial score (nSPS) is 9.20. The van der Waals surface area contributed by atoms with Crippen LogP contribution >= 0.6 is 0 Å². The molecule has 0 aromatic heterocycles. The van der Waals surface area contributed by atoms with Crippen LogP contribution in [-0.2, 0) is 0 Å². The number of nitrogens with zero attached hydrogens (tertiary/aromatic N) is 1. The van der Waals surface area contributed by atoms with Crippen LogP contribution in [0.2, 0.25) is 0 Å². The average Bonchev–Trinajstić information content (AvgIpc) is 1.88. The minimum atomic E-state index is -0.396. The highest BCUT2D eigenvalue weighted by molar-refractivity contribution is 6.32. The fourth-order valence-electron chi connectivity index (χ4n) is 0.742. The van der Waals surface area contributed by atoms with Gasteiger partial charge in [0.05, 0.1) is 4.92 Å². The van der Waals surface area contributed by atoms with Gasteiger partial charge in [0.2, 0.25) is 0 Å². The molecule has 1 aromatic carbocycles. The van der Waals surface area contributed by atoms with E-state index >= 15 is 0 Å². The standard InChI is InChI=1S/C6H6BNO2/c7-5-2-1-3-6(4-5)8(9)10/h1-4H,7H2. The van der Waals surface area contributed by atoms with Gasteiger partial charge in [0.15, 0.2) is 0 Å². The largest absolute Gasteiger partial charge is 0.268 e. The number of hydrogen-bond donors (Lipinski definition) is 0. The van der Waals surface area contributed by atoms with Gasteiger partial charge in [-0.25, -0.2) is 0 Å². The van der Waals surface area contributed by atoms with Gasteiger partial charge >= 0.3 is 0 Å². The second-order valence-electron chi connectivity index (χ2n) is 2.10. The van der Waals surface area contributed by atoms with E-state index in [-0.39, 0.29) is 5.69 Å². The smallest absolute Gasteiger partial charge is 0.258 e. The molecule has 0 heterocycles. The summed E-state index contributed by atoms with van der Waals surface area (Å²) in [6.07, 6.45) is 0. The van der Waals surface area contributed by atoms with Gasteiger partial charge in [-0.3, -0.25) is 10.1 Å². The third-order valence-corrected chi connectivity index (χ3v) is 1.21. The molecule has 0 aliphatic rings. The molecule has 0 spiro atoms. The first-order valence-corrected chi connectivity index (χ1v) is 2.91. The molecular weight excluding hydrogens is 129 g/mol. The van der Waals surface area contributed by atoms with Crippen LogP contribution in [0.4, 0.5) is 5.69 Å². The molecule has 0 radical (unpaired) electrons. The van der Waals surface area contributed by atoms with Crippen LogP contribution in [-0.4, -0.2) is 12.8 Å². The molecule has 0 atom stereocenters. The second kappa shape index (κ2) is 2.52. The molecule has 10 heavy (non-hydrogen) atoms. The maximum Gasteiger partial charge on any atom is 0.268 e. The van der Waals surface area contributed by atoms with E-state index in [2.05, 4.69) is 0 Å². The molecule has 0 aliphatic heterocycles. The van der Waals surface area contributed by atoms with E-state index in [0.29, 0.717) is 0 Å². The number of hydrogen-bond acceptors (Lipinski definition) is 2. The molecule has 0 fully saturated rings. The molecule has 0 saturated heterocycles. The van der Waals surface area contributed by atoms with Gasteiger partial charge in [-0.15, -0.1) is 0 Å². The van der Waals surface area contributed by atoms with E-state index in [9.17, 15) is 10.1 Å². The van der Waals surface area contributed by atoms with Gasteiger partial charge in [0, 0.05) is 12.1 Å². The summed E-state index contributed by atoms with van der Waals surface area (Å²) in [5.41, 5.74) is 1.06. The highest BCUT2D eigenvalue weighted by atomic mass is 16.6. The Bertz CT molecular complexity index is 262. The molecule has 3 nitrogen and oxygen atoms in total. The lowest BCUT2D eigenvalue weighted by Gasteiger charge is -1.90. The fraction of sp³-hybridized carbons (Fsp3) is 0. The van der Waals surface area contributed by atoms with E-state index in [1.165, 1.54) is 6.07 Å². The molecule has 0 saturated carbocycles. The van der Waals surface area contributed by atoms with Crippen molar-refractivity contribution in [1.29, 1.82) is 0 Å². The summed E-state index contributed by atoms with van der Waals surface area (Å²) in [5.74, 6) is 0. The van der Waals surface area contributed by atoms with Crippen molar-refractivity contribution >= 4 is 19.0 Å². The number of non-ortho nitro benzene ring substituents is 1. The first-order chi connectivity index (χ1) is 4.70. The number of nitro benzene ring substituents is 1. The van der Waals surface area contributed by atoms with Crippen molar-refractivity contribution in [1.82, 2.24) is 0 Å². The monoisotopic (exact) mass is 135 g/mol. The molecule has 0 N–H and O–H groups in total. The fourth-order valence-corrected chi connectivity index (χ4v) is 0.742. The van der Waals surface area contributed by atoms with Crippen LogP contribution in [0.3, 0.4) is 0 Å². The second-order valence-corrected chi connectivity index (χ2v) is 2.10. The zero-order valence-electron chi connectivity index (χ0n) is 5.57. The Balaban J connectivity index is 3.07. The summed E-state index contributed by atoms with van der Waals surface area (Å²) >= 11 is 0. The predicted octanol–water partition coefficient (Wildman–Crippen LogP) is -0.147. The van der Waals surface area contributed by atoms with E-state index in [1.807, 2.05) is 13.9 Å². The minimum absolute atomic E-state index is 0.153. The average molecular weight is 135 g/mol. The maximum absolute atomic E-state index is 10.2. The number of benzene rings is 1. The lowest BCUT2D eigenvalue weighted by Crippen LogP contribution is -2.01. The Morgan fingerprint density at radius 2 is 2.20 bits per heavy atom. The van der Waals surface area contributed by atoms with Gasteiger partial charge in [0.1, 0.15) is 7.85 Å². The lowest BCUT2D eigenvalue weighted by atomic mass is 9.96. The molecule has 1 rings (SSSR count). The van der Waals surface area contributed by atoms with Gasteiger partial charge in [-0.05, 0) is 0 Å². The topological polar surface area (TPSA) is 43.1 Å². The molecule has 1 aromatic rings. The van der Waals surface area contributed by atoms with Crippen molar-refractivity contribution in [3.05, 3.63) is 34.4 Å². The molecular formula is C6H6BNO2. The first kappa shape index (κ1) is 6.80. The lowest BCUT2D eigenvalue weighted by molar-refractivity contribution is -0.384. The van der Waals surface area contributed by atoms with E-state index in [4.69, 9.17) is 0 Å². The van der Waals surface area contributed by atoms with Crippen LogP contribution in [0.15, 0.2) is 24.3 Å². The molecule has 0 bridgehead atoms. The molecule has 0 amide bonds. The highest BCUT2D eigenvalue weighted by Crippen LogP contribution is 2.05. The molecule has 0 aliphatic carbocycles. The summed E-state index contributed by atoms with van der Waals surface area (Å²) < 4.78 is 0. The summed E-state index contributed by atoms with van der Waals surface area (Å²) in [5, 5.41) is 10.2. The van der Waals surface area contributed by atoms with Crippen molar-refractivity contribution in [3.8, 4) is 0 Å². The zero-order chi connectivity index (χ0) is 7.56. The van der Waals surface area contributed by atoms with Crippen molar-refractivity contribution in [2.45, 2.75) is 0 Å². The van der Waals surface area contributed by atoms with Crippen molar-refractivity contribution in [2.75, 3.05) is 0 Å². The van der Waals surface area contributed by atoms with Crippen LogP contribution in [0.1, 0.15) is 0 Å². The molecule has 50 valence electrons. The first-order valence-electron chi connectivity index (χ1n) is 2.91. The Morgan fingerprint density at radius 3 is 2.60 bits per heavy atom. The third-order valence-electron chi connectivity index (χ3n) is 1.21. The Kier molecular flexibility index (Phi) is 1.71. The van der Waals surface area contributed by atoms with E-state index < -0.39 is 4.92 Å². The minimum Gasteiger partial charge on any atom is -0.258 e. The predicted molar refractivity (Wildman–Crippen MR) is 41.3 cm³/mol. The van der Waals surface area contributed by atoms with Gasteiger partial charge in [0.25, 0.3) is 5.69 Å². The van der Waals surface area contributed by atoms with Crippen molar-refractivity contribution in [3.63, 3.8) is 0 Å². The third kappa shape index (κ3) is 1.34. The summed E-state index contributed by atoms with van der Waals surface area (Å²) in [7, 11) is 1.83. The Labute approximate surface area is 59.2 Å². The van der Waals surface area contributed by atoms with Gasteiger partial charge in [-0.2, -0.15) is 0 Å². The van der Waals surface area contributed by atoms with Gasteiger partial charge < -0.3 is 0 Å². The van der Waals surface area contributed by atoms with Crippen LogP contribution in [0.25, 0.3) is 0 Å². The number of rotatable bonds is 1. The summed E-state index contributed by atoms with van der Waals surface area (Å²) in [4.78, 5) is 9.76. The Morgan fingerprint density at radius 1 is 1.50 bits per heavy atom. The van der Waals surface area contributed by atoms with Crippen molar-refractivity contribution in [2.24, 2.45) is 0 Å². The zero-order valence-corrected chi connectivity index (χ0v) is 5.57. The van der Waals surface area contributed by atoms with Crippen LogP contribution < -0.4 is 5.46 Å². The van der Waals surface area contributed by atoms with Crippen LogP contribution in [0.5, 0.6) is 0 Å². The van der Waals surface area contributed by atoms with Crippen molar-refractivity contribution < 1.29 is 4.92 Å². The SMILES string of the molecule is Bc1cccc([N+](=O)[O-])c1. The maximum atomic E-state index is 10.2. The quantitative estimate of drug-likeness (QED) is 0.305. The molecule has 4 heteroatoms. The van der Waals surface area contributed by atoms with Crippen LogP contribution in [0, 0.1) is 10.1 Å². The molecule has 0 unspecified atom stereocenters. The number of nitro groups is 1. The van der Waals surface area contributed by atoms with E-state index in [0.717, 1.165) is 5.46 Å². The van der Waals surface area contributed by atoms with E-state index in [1.54, 1.807) is 12.1 Å².